The monoisotopic (exact) mass is 415 g/mol. The Morgan fingerprint density at radius 1 is 1.07 bits per heavy atom. The number of likely N-dealkylation sites (N-methyl/N-ethyl adjacent to an activating group) is 1. The zero-order valence-corrected chi connectivity index (χ0v) is 17.3. The largest absolute Gasteiger partial charge is 0.497 e. The van der Waals surface area contributed by atoms with Crippen LogP contribution in [0.1, 0.15) is 12.0 Å². The molecule has 146 valence electrons. The van der Waals surface area contributed by atoms with Crippen molar-refractivity contribution in [1.29, 1.82) is 0 Å². The van der Waals surface area contributed by atoms with E-state index in [1.165, 1.54) is 16.7 Å². The standard InChI is InChI=1S/C21H21NO4S2/c1-22-20(23)19(28-21(22)27)13-15-7-3-4-10-18(15)26-12-6-11-25-17-9-5-8-16(14-17)24-2/h3-5,7-10,13-14H,6,11-12H2,1-2H3/b19-13+. The molecule has 0 unspecified atom stereocenters. The van der Waals surface area contributed by atoms with E-state index >= 15 is 0 Å². The second-order valence-electron chi connectivity index (χ2n) is 6.01. The van der Waals surface area contributed by atoms with Gasteiger partial charge in [-0.1, -0.05) is 48.2 Å². The van der Waals surface area contributed by atoms with E-state index in [1.54, 1.807) is 14.2 Å². The first-order valence-electron chi connectivity index (χ1n) is 8.78. The molecule has 0 saturated carbocycles. The highest BCUT2D eigenvalue weighted by Gasteiger charge is 2.28. The molecule has 1 aliphatic heterocycles. The Balaban J connectivity index is 1.54. The smallest absolute Gasteiger partial charge is 0.265 e. The first-order chi connectivity index (χ1) is 13.6. The third-order valence-corrected chi connectivity index (χ3v) is 5.53. The molecule has 3 rings (SSSR count). The second kappa shape index (κ2) is 9.61. The van der Waals surface area contributed by atoms with Crippen molar-refractivity contribution in [2.75, 3.05) is 27.4 Å². The zero-order chi connectivity index (χ0) is 19.9. The number of hydrogen-bond donors (Lipinski definition) is 0. The van der Waals surface area contributed by atoms with E-state index in [1.807, 2.05) is 54.6 Å². The molecule has 0 atom stereocenters. The number of para-hydroxylation sites is 1. The van der Waals surface area contributed by atoms with Crippen LogP contribution in [0.2, 0.25) is 0 Å². The van der Waals surface area contributed by atoms with Gasteiger partial charge in [0, 0.05) is 25.1 Å². The summed E-state index contributed by atoms with van der Waals surface area (Å²) in [5.74, 6) is 2.17. The third-order valence-electron chi connectivity index (χ3n) is 4.05. The van der Waals surface area contributed by atoms with E-state index in [9.17, 15) is 4.79 Å². The van der Waals surface area contributed by atoms with E-state index in [0.717, 1.165) is 29.2 Å². The van der Waals surface area contributed by atoms with Crippen LogP contribution in [0.3, 0.4) is 0 Å². The molecule has 2 aromatic carbocycles. The first-order valence-corrected chi connectivity index (χ1v) is 10.0. The number of nitrogens with zero attached hydrogens (tertiary/aromatic N) is 1. The van der Waals surface area contributed by atoms with Gasteiger partial charge in [-0.2, -0.15) is 0 Å². The van der Waals surface area contributed by atoms with Crippen LogP contribution in [0.4, 0.5) is 0 Å². The van der Waals surface area contributed by atoms with Gasteiger partial charge >= 0.3 is 0 Å². The fourth-order valence-electron chi connectivity index (χ4n) is 2.54. The fourth-order valence-corrected chi connectivity index (χ4v) is 3.71. The summed E-state index contributed by atoms with van der Waals surface area (Å²) in [6.07, 6.45) is 2.55. The summed E-state index contributed by atoms with van der Waals surface area (Å²) in [7, 11) is 3.31. The summed E-state index contributed by atoms with van der Waals surface area (Å²) in [5, 5.41) is 0. The lowest BCUT2D eigenvalue weighted by Gasteiger charge is -2.11. The number of ether oxygens (including phenoxy) is 3. The van der Waals surface area contributed by atoms with Crippen LogP contribution >= 0.6 is 24.0 Å². The Morgan fingerprint density at radius 3 is 2.57 bits per heavy atom. The molecule has 0 radical (unpaired) electrons. The van der Waals surface area contributed by atoms with E-state index in [2.05, 4.69) is 0 Å². The van der Waals surface area contributed by atoms with Crippen molar-refractivity contribution in [2.45, 2.75) is 6.42 Å². The van der Waals surface area contributed by atoms with Crippen LogP contribution in [0.15, 0.2) is 53.4 Å². The molecule has 7 heteroatoms. The molecule has 0 N–H and O–H groups in total. The SMILES string of the molecule is COc1cccc(OCCCOc2ccccc2/C=C2/SC(=S)N(C)C2=O)c1. The number of thioether (sulfide) groups is 1. The summed E-state index contributed by atoms with van der Waals surface area (Å²) in [5.41, 5.74) is 0.852. The zero-order valence-electron chi connectivity index (χ0n) is 15.7. The molecule has 5 nitrogen and oxygen atoms in total. The van der Waals surface area contributed by atoms with Gasteiger partial charge in [-0.25, -0.2) is 0 Å². The average Bonchev–Trinajstić information content (AvgIpc) is 2.95. The number of thiocarbonyl (C=S) groups is 1. The Labute approximate surface area is 174 Å². The van der Waals surface area contributed by atoms with Crippen molar-refractivity contribution in [1.82, 2.24) is 4.90 Å². The summed E-state index contributed by atoms with van der Waals surface area (Å²) in [6.45, 7) is 1.04. The summed E-state index contributed by atoms with van der Waals surface area (Å²) >= 11 is 6.48. The Morgan fingerprint density at radius 2 is 1.82 bits per heavy atom. The third kappa shape index (κ3) is 5.05. The lowest BCUT2D eigenvalue weighted by Crippen LogP contribution is -2.22. The van der Waals surface area contributed by atoms with Gasteiger partial charge in [0.25, 0.3) is 5.91 Å². The van der Waals surface area contributed by atoms with Crippen LogP contribution in [0.5, 0.6) is 17.2 Å². The maximum Gasteiger partial charge on any atom is 0.265 e. The molecule has 28 heavy (non-hydrogen) atoms. The molecule has 1 amide bonds. The number of amides is 1. The van der Waals surface area contributed by atoms with Crippen LogP contribution in [-0.2, 0) is 4.79 Å². The van der Waals surface area contributed by atoms with Gasteiger partial charge in [-0.05, 0) is 24.3 Å². The summed E-state index contributed by atoms with van der Waals surface area (Å²) < 4.78 is 17.4. The highest BCUT2D eigenvalue weighted by Crippen LogP contribution is 2.33. The van der Waals surface area contributed by atoms with E-state index in [0.29, 0.717) is 22.4 Å². The lowest BCUT2D eigenvalue weighted by atomic mass is 10.2. The van der Waals surface area contributed by atoms with Crippen LogP contribution in [-0.4, -0.2) is 42.5 Å². The highest BCUT2D eigenvalue weighted by molar-refractivity contribution is 8.26. The molecule has 1 heterocycles. The molecule has 1 saturated heterocycles. The first kappa shape index (κ1) is 20.2. The van der Waals surface area contributed by atoms with Crippen LogP contribution in [0, 0.1) is 0 Å². The fraction of sp³-hybridized carbons (Fsp3) is 0.238. The average molecular weight is 416 g/mol. The van der Waals surface area contributed by atoms with E-state index in [4.69, 9.17) is 26.4 Å². The van der Waals surface area contributed by atoms with Gasteiger partial charge in [0.15, 0.2) is 0 Å². The number of carbonyl (C=O) groups is 1. The molecule has 1 fully saturated rings. The van der Waals surface area contributed by atoms with E-state index < -0.39 is 0 Å². The molecule has 2 aromatic rings. The number of carbonyl (C=O) groups excluding carboxylic acids is 1. The molecule has 1 aliphatic rings. The predicted molar refractivity (Wildman–Crippen MR) is 116 cm³/mol. The molecule has 0 aromatic heterocycles. The van der Waals surface area contributed by atoms with Crippen molar-refractivity contribution in [3.05, 3.63) is 59.0 Å². The lowest BCUT2D eigenvalue weighted by molar-refractivity contribution is -0.121. The molecular weight excluding hydrogens is 394 g/mol. The van der Waals surface area contributed by atoms with Crippen LogP contribution < -0.4 is 14.2 Å². The Kier molecular flexibility index (Phi) is 6.95. The van der Waals surface area contributed by atoms with E-state index in [-0.39, 0.29) is 5.91 Å². The van der Waals surface area contributed by atoms with Gasteiger partial charge in [-0.3, -0.25) is 9.69 Å². The van der Waals surface area contributed by atoms with Crippen molar-refractivity contribution in [2.24, 2.45) is 0 Å². The molecule has 0 spiro atoms. The minimum atomic E-state index is -0.0866. The molecule has 0 aliphatic carbocycles. The Bertz CT molecular complexity index is 897. The Hall–Kier alpha value is -2.51. The molecule has 0 bridgehead atoms. The summed E-state index contributed by atoms with van der Waals surface area (Å²) in [4.78, 5) is 14.3. The highest BCUT2D eigenvalue weighted by atomic mass is 32.2. The summed E-state index contributed by atoms with van der Waals surface area (Å²) in [6, 6.07) is 15.1. The minimum absolute atomic E-state index is 0.0866. The number of rotatable bonds is 8. The predicted octanol–water partition coefficient (Wildman–Crippen LogP) is 4.37. The number of hydrogen-bond acceptors (Lipinski definition) is 6. The van der Waals surface area contributed by atoms with Crippen molar-refractivity contribution < 1.29 is 19.0 Å². The van der Waals surface area contributed by atoms with Crippen molar-refractivity contribution in [3.8, 4) is 17.2 Å². The van der Waals surface area contributed by atoms with Crippen molar-refractivity contribution >= 4 is 40.3 Å². The van der Waals surface area contributed by atoms with Crippen molar-refractivity contribution in [3.63, 3.8) is 0 Å². The number of methoxy groups -OCH3 is 1. The normalized spacial score (nSPS) is 15.2. The van der Waals surface area contributed by atoms with Gasteiger partial charge in [0.2, 0.25) is 0 Å². The van der Waals surface area contributed by atoms with Crippen LogP contribution in [0.25, 0.3) is 6.08 Å². The van der Waals surface area contributed by atoms with Gasteiger partial charge in [0.1, 0.15) is 21.6 Å². The quantitative estimate of drug-likeness (QED) is 0.362. The van der Waals surface area contributed by atoms with Gasteiger partial charge in [-0.15, -0.1) is 0 Å². The minimum Gasteiger partial charge on any atom is -0.497 e. The molecular formula is C21H21NO4S2. The van der Waals surface area contributed by atoms with Gasteiger partial charge < -0.3 is 14.2 Å². The second-order valence-corrected chi connectivity index (χ2v) is 7.68. The topological polar surface area (TPSA) is 48.0 Å². The maximum atomic E-state index is 12.2. The number of benzene rings is 2. The van der Waals surface area contributed by atoms with Gasteiger partial charge in [0.05, 0.1) is 25.2 Å². The maximum absolute atomic E-state index is 12.2.